The monoisotopic (exact) mass is 681 g/mol. The first-order chi connectivity index (χ1) is 21.9. The highest BCUT2D eigenvalue weighted by atomic mass is 32.3. The Bertz CT molecular complexity index is 963. The second kappa shape index (κ2) is 24.6. The minimum absolute atomic E-state index is 0.227. The van der Waals surface area contributed by atoms with Crippen LogP contribution in [0, 0.1) is 0 Å². The van der Waals surface area contributed by atoms with Gasteiger partial charge in [0.1, 0.15) is 30.5 Å². The summed E-state index contributed by atoms with van der Waals surface area (Å²) in [4.78, 5) is 12.9. The largest absolute Gasteiger partial charge is 0.397 e. The molecule has 0 aliphatic carbocycles. The Morgan fingerprint density at radius 3 is 2.07 bits per heavy atom. The minimum Gasteiger partial charge on any atom is -0.394 e. The summed E-state index contributed by atoms with van der Waals surface area (Å²) >= 11 is 0. The van der Waals surface area contributed by atoms with Crippen LogP contribution in [0.15, 0.2) is 24.3 Å². The molecule has 1 aliphatic heterocycles. The van der Waals surface area contributed by atoms with Crippen LogP contribution in [0.3, 0.4) is 0 Å². The van der Waals surface area contributed by atoms with Crippen molar-refractivity contribution in [1.82, 2.24) is 5.32 Å². The smallest absolute Gasteiger partial charge is 0.394 e. The van der Waals surface area contributed by atoms with Gasteiger partial charge in [0.2, 0.25) is 5.91 Å². The van der Waals surface area contributed by atoms with E-state index in [9.17, 15) is 38.7 Å². The van der Waals surface area contributed by atoms with Crippen molar-refractivity contribution in [2.24, 2.45) is 0 Å². The molecule has 0 aromatic heterocycles. The molecule has 1 rings (SSSR count). The lowest BCUT2D eigenvalue weighted by molar-refractivity contribution is -0.298. The van der Waals surface area contributed by atoms with Gasteiger partial charge in [0.05, 0.1) is 25.4 Å². The van der Waals surface area contributed by atoms with Crippen LogP contribution in [-0.4, -0.2) is 107 Å². The Balaban J connectivity index is 2.79. The number of hydrogen-bond acceptors (Lipinski definition) is 11. The molecule has 1 fully saturated rings. The van der Waals surface area contributed by atoms with Crippen molar-refractivity contribution in [2.45, 2.75) is 159 Å². The standard InChI is InChI=1S/C32H59NO12S/c1-3-5-7-9-11-12-13-15-17-19-21-26(36)31(39)33-24(25(35)20-18-16-14-10-8-6-4-2)23-43-32-29(38)30(45-46(40,41)42)28(37)27(22-34)44-32/h9,11,18,20,24-30,32,34-38H,3-8,10,12-17,19,21-23H2,1-2H3,(H,33,39)(H,40,41,42)/b11-9-,20-18+. The fourth-order valence-electron chi connectivity index (χ4n) is 5.03. The maximum atomic E-state index is 12.9. The number of aliphatic hydroxyl groups excluding tert-OH is 5. The van der Waals surface area contributed by atoms with E-state index < -0.39 is 78.5 Å². The quantitative estimate of drug-likeness (QED) is 0.0399. The summed E-state index contributed by atoms with van der Waals surface area (Å²) < 4.78 is 46.9. The van der Waals surface area contributed by atoms with Crippen LogP contribution in [0.4, 0.5) is 0 Å². The van der Waals surface area contributed by atoms with Gasteiger partial charge in [-0.05, 0) is 38.5 Å². The summed E-state index contributed by atoms with van der Waals surface area (Å²) in [6.07, 6.45) is 10.5. The zero-order valence-electron chi connectivity index (χ0n) is 27.5. The number of rotatable bonds is 26. The molecule has 0 saturated carbocycles. The third kappa shape index (κ3) is 18.2. The molecule has 13 nitrogen and oxygen atoms in total. The summed E-state index contributed by atoms with van der Waals surface area (Å²) in [5.41, 5.74) is 0. The first-order valence-corrected chi connectivity index (χ1v) is 18.2. The number of aliphatic hydroxyl groups is 5. The maximum absolute atomic E-state index is 12.9. The van der Waals surface area contributed by atoms with Crippen LogP contribution in [0.5, 0.6) is 0 Å². The molecular formula is C32H59NO12S. The van der Waals surface area contributed by atoms with Gasteiger partial charge in [-0.2, -0.15) is 8.42 Å². The van der Waals surface area contributed by atoms with Crippen LogP contribution in [-0.2, 0) is 28.9 Å². The van der Waals surface area contributed by atoms with E-state index in [0.717, 1.165) is 64.2 Å². The number of nitrogens with one attached hydrogen (secondary N) is 1. The number of unbranched alkanes of at least 4 members (excludes halogenated alkanes) is 11. The van der Waals surface area contributed by atoms with Gasteiger partial charge in [0, 0.05) is 0 Å². The molecule has 0 bridgehead atoms. The molecule has 0 aromatic carbocycles. The molecule has 1 saturated heterocycles. The highest BCUT2D eigenvalue weighted by Crippen LogP contribution is 2.26. The first kappa shape index (κ1) is 42.6. The second-order valence-corrected chi connectivity index (χ2v) is 12.9. The molecule has 14 heteroatoms. The van der Waals surface area contributed by atoms with Crippen molar-refractivity contribution in [3.63, 3.8) is 0 Å². The van der Waals surface area contributed by atoms with Crippen LogP contribution in [0.2, 0.25) is 0 Å². The van der Waals surface area contributed by atoms with E-state index in [4.69, 9.17) is 14.0 Å². The van der Waals surface area contributed by atoms with Gasteiger partial charge >= 0.3 is 10.4 Å². The summed E-state index contributed by atoms with van der Waals surface area (Å²) in [7, 11) is -5.10. The number of carbonyl (C=O) groups is 1. The molecule has 1 amide bonds. The van der Waals surface area contributed by atoms with Crippen LogP contribution >= 0.6 is 0 Å². The SMILES string of the molecule is CCCC/C=C\CCCCCCC(O)C(=O)NC(COC1OC(CO)C(O)C(OS(=O)(=O)O)C1O)C(O)/C=C/CCCCCCC. The van der Waals surface area contributed by atoms with Gasteiger partial charge in [-0.3, -0.25) is 9.35 Å². The molecule has 1 heterocycles. The van der Waals surface area contributed by atoms with Crippen molar-refractivity contribution in [1.29, 1.82) is 0 Å². The molecular weight excluding hydrogens is 622 g/mol. The summed E-state index contributed by atoms with van der Waals surface area (Å²) in [6.45, 7) is 3.02. The number of ether oxygens (including phenoxy) is 2. The summed E-state index contributed by atoms with van der Waals surface area (Å²) in [5, 5.41) is 54.4. The van der Waals surface area contributed by atoms with Crippen molar-refractivity contribution in [3.05, 3.63) is 24.3 Å². The zero-order chi connectivity index (χ0) is 34.4. The van der Waals surface area contributed by atoms with Crippen molar-refractivity contribution >= 4 is 16.3 Å². The lowest BCUT2D eigenvalue weighted by Crippen LogP contribution is -2.61. The van der Waals surface area contributed by atoms with Crippen LogP contribution in [0.25, 0.3) is 0 Å². The summed E-state index contributed by atoms with van der Waals surface area (Å²) in [5.74, 6) is -0.721. The van der Waals surface area contributed by atoms with E-state index >= 15 is 0 Å². The van der Waals surface area contributed by atoms with Gasteiger partial charge in [0.15, 0.2) is 6.29 Å². The predicted molar refractivity (Wildman–Crippen MR) is 173 cm³/mol. The lowest BCUT2D eigenvalue weighted by Gasteiger charge is -2.41. The maximum Gasteiger partial charge on any atom is 0.397 e. The average molecular weight is 682 g/mol. The van der Waals surface area contributed by atoms with Gasteiger partial charge in [-0.1, -0.05) is 95.9 Å². The van der Waals surface area contributed by atoms with E-state index in [1.165, 1.54) is 18.9 Å². The number of carbonyl (C=O) groups excluding carboxylic acids is 1. The number of hydrogen-bond donors (Lipinski definition) is 7. The number of allylic oxidation sites excluding steroid dienone is 3. The molecule has 0 radical (unpaired) electrons. The third-order valence-corrected chi connectivity index (χ3v) is 8.30. The van der Waals surface area contributed by atoms with Crippen molar-refractivity contribution in [3.8, 4) is 0 Å². The van der Waals surface area contributed by atoms with E-state index in [2.05, 4.69) is 35.5 Å². The number of amides is 1. The fraction of sp³-hybridized carbons (Fsp3) is 0.844. The Labute approximate surface area is 275 Å². The predicted octanol–water partition coefficient (Wildman–Crippen LogP) is 2.84. The highest BCUT2D eigenvalue weighted by Gasteiger charge is 2.48. The second-order valence-electron chi connectivity index (χ2n) is 11.9. The van der Waals surface area contributed by atoms with Crippen molar-refractivity contribution in [2.75, 3.05) is 13.2 Å². The van der Waals surface area contributed by atoms with E-state index in [-0.39, 0.29) is 6.42 Å². The van der Waals surface area contributed by atoms with Crippen LogP contribution in [0.1, 0.15) is 110 Å². The van der Waals surface area contributed by atoms with E-state index in [1.54, 1.807) is 6.08 Å². The molecule has 7 N–H and O–H groups in total. The third-order valence-electron chi connectivity index (χ3n) is 7.83. The summed E-state index contributed by atoms with van der Waals surface area (Å²) in [6, 6.07) is -1.12. The molecule has 46 heavy (non-hydrogen) atoms. The molecule has 270 valence electrons. The zero-order valence-corrected chi connectivity index (χ0v) is 28.3. The molecule has 1 aliphatic rings. The highest BCUT2D eigenvalue weighted by molar-refractivity contribution is 7.80. The van der Waals surface area contributed by atoms with Gasteiger partial charge in [0.25, 0.3) is 0 Å². The molecule has 8 atom stereocenters. The molecule has 0 spiro atoms. The fourth-order valence-corrected chi connectivity index (χ4v) is 5.53. The molecule has 8 unspecified atom stereocenters. The van der Waals surface area contributed by atoms with Gasteiger partial charge in [-0.15, -0.1) is 0 Å². The normalized spacial score (nSPS) is 24.4. The molecule has 0 aromatic rings. The Morgan fingerprint density at radius 2 is 1.46 bits per heavy atom. The Hall–Kier alpha value is -1.46. The topological polar surface area (TPSA) is 212 Å². The Morgan fingerprint density at radius 1 is 0.870 bits per heavy atom. The lowest BCUT2D eigenvalue weighted by atomic mass is 9.99. The van der Waals surface area contributed by atoms with Crippen LogP contribution < -0.4 is 5.32 Å². The van der Waals surface area contributed by atoms with Gasteiger partial charge < -0.3 is 40.3 Å². The average Bonchev–Trinajstić information content (AvgIpc) is 3.01. The first-order valence-electron chi connectivity index (χ1n) is 16.8. The van der Waals surface area contributed by atoms with E-state index in [1.807, 2.05) is 0 Å². The Kier molecular flexibility index (Phi) is 22.8. The van der Waals surface area contributed by atoms with Crippen molar-refractivity contribution < 1.29 is 57.0 Å². The van der Waals surface area contributed by atoms with E-state index in [0.29, 0.717) is 12.8 Å². The van der Waals surface area contributed by atoms with Gasteiger partial charge in [-0.25, -0.2) is 4.18 Å². The minimum atomic E-state index is -5.10.